The van der Waals surface area contributed by atoms with Gasteiger partial charge in [-0.15, -0.1) is 5.10 Å². The molecule has 0 aliphatic carbocycles. The molecule has 0 atom stereocenters. The summed E-state index contributed by atoms with van der Waals surface area (Å²) < 4.78 is 41.0. The number of halogens is 4. The minimum atomic E-state index is -5.03. The van der Waals surface area contributed by atoms with Gasteiger partial charge in [0.2, 0.25) is 17.5 Å². The standard InChI is InChI=1S/C16H13ClF3N7O3/c1-9-13(27(29)30)14(16(18,19)20)23-26(9)7-12(28)22-15-21-8-25(24-15)6-10-2-4-11(17)5-3-10/h2-5,8H,6-7H2,1H3,(H,22,24,28). The third kappa shape index (κ3) is 4.74. The van der Waals surface area contributed by atoms with E-state index in [1.165, 1.54) is 11.0 Å². The average molecular weight is 444 g/mol. The Bertz CT molecular complexity index is 1090. The second kappa shape index (κ2) is 8.10. The zero-order valence-electron chi connectivity index (χ0n) is 15.2. The van der Waals surface area contributed by atoms with Crippen molar-refractivity contribution in [1.29, 1.82) is 0 Å². The number of hydrogen-bond donors (Lipinski definition) is 1. The number of nitrogens with zero attached hydrogens (tertiary/aromatic N) is 6. The predicted octanol–water partition coefficient (Wildman–Crippen LogP) is 3.05. The van der Waals surface area contributed by atoms with Crippen molar-refractivity contribution >= 4 is 29.1 Å². The summed E-state index contributed by atoms with van der Waals surface area (Å²) in [5.41, 5.74) is -2.38. The van der Waals surface area contributed by atoms with Crippen LogP contribution in [-0.4, -0.2) is 35.4 Å². The summed E-state index contributed by atoms with van der Waals surface area (Å²) in [6, 6.07) is 6.98. The number of benzene rings is 1. The van der Waals surface area contributed by atoms with Crippen molar-refractivity contribution in [2.75, 3.05) is 5.32 Å². The number of hydrogen-bond acceptors (Lipinski definition) is 6. The van der Waals surface area contributed by atoms with Gasteiger partial charge in [0, 0.05) is 5.02 Å². The molecule has 0 bridgehead atoms. The summed E-state index contributed by atoms with van der Waals surface area (Å²) in [7, 11) is 0. The van der Waals surface area contributed by atoms with Crippen LogP contribution in [0.1, 0.15) is 17.0 Å². The van der Waals surface area contributed by atoms with Gasteiger partial charge in [0.15, 0.2) is 0 Å². The number of aromatic nitrogens is 5. The first-order valence-electron chi connectivity index (χ1n) is 8.27. The van der Waals surface area contributed by atoms with Gasteiger partial charge < -0.3 is 0 Å². The summed E-state index contributed by atoms with van der Waals surface area (Å²) >= 11 is 5.82. The molecule has 0 radical (unpaired) electrons. The highest BCUT2D eigenvalue weighted by Gasteiger charge is 2.44. The lowest BCUT2D eigenvalue weighted by Gasteiger charge is -2.04. The molecular weight excluding hydrogens is 431 g/mol. The van der Waals surface area contributed by atoms with Crippen LogP contribution in [0.4, 0.5) is 24.8 Å². The van der Waals surface area contributed by atoms with Crippen molar-refractivity contribution in [2.24, 2.45) is 0 Å². The fraction of sp³-hybridized carbons (Fsp3) is 0.250. The summed E-state index contributed by atoms with van der Waals surface area (Å²) in [4.78, 5) is 25.8. The molecule has 2 heterocycles. The van der Waals surface area contributed by atoms with Crippen molar-refractivity contribution in [3.8, 4) is 0 Å². The summed E-state index contributed by atoms with van der Waals surface area (Å²) in [6.45, 7) is 0.737. The quantitative estimate of drug-likeness (QED) is 0.461. The first-order chi connectivity index (χ1) is 14.0. The van der Waals surface area contributed by atoms with Crippen molar-refractivity contribution in [2.45, 2.75) is 26.2 Å². The molecule has 10 nitrogen and oxygen atoms in total. The first-order valence-corrected chi connectivity index (χ1v) is 8.65. The Morgan fingerprint density at radius 3 is 2.50 bits per heavy atom. The van der Waals surface area contributed by atoms with E-state index >= 15 is 0 Å². The SMILES string of the molecule is Cc1c([N+](=O)[O-])c(C(F)(F)F)nn1CC(=O)Nc1ncn(Cc2ccc(Cl)cc2)n1. The van der Waals surface area contributed by atoms with Crippen LogP contribution in [0.15, 0.2) is 30.6 Å². The fourth-order valence-electron chi connectivity index (χ4n) is 2.61. The molecule has 1 aromatic carbocycles. The molecule has 0 aliphatic heterocycles. The van der Waals surface area contributed by atoms with Gasteiger partial charge in [-0.2, -0.15) is 18.3 Å². The lowest BCUT2D eigenvalue weighted by Crippen LogP contribution is -2.21. The lowest BCUT2D eigenvalue weighted by molar-refractivity contribution is -0.388. The van der Waals surface area contributed by atoms with Gasteiger partial charge in [0.05, 0.1) is 11.5 Å². The van der Waals surface area contributed by atoms with Crippen molar-refractivity contribution < 1.29 is 22.9 Å². The van der Waals surface area contributed by atoms with E-state index in [0.29, 0.717) is 16.2 Å². The number of rotatable bonds is 6. The highest BCUT2D eigenvalue weighted by atomic mass is 35.5. The summed E-state index contributed by atoms with van der Waals surface area (Å²) in [6.07, 6.45) is -3.67. The van der Waals surface area contributed by atoms with E-state index in [2.05, 4.69) is 20.5 Å². The second-order valence-corrected chi connectivity index (χ2v) is 6.57. The van der Waals surface area contributed by atoms with Crippen LogP contribution in [0.25, 0.3) is 0 Å². The van der Waals surface area contributed by atoms with Gasteiger partial charge >= 0.3 is 11.9 Å². The molecule has 2 aromatic heterocycles. The third-order valence-corrected chi connectivity index (χ3v) is 4.22. The monoisotopic (exact) mass is 443 g/mol. The lowest BCUT2D eigenvalue weighted by atomic mass is 10.2. The zero-order chi connectivity index (χ0) is 22.1. The second-order valence-electron chi connectivity index (χ2n) is 6.14. The number of carbonyl (C=O) groups excluding carboxylic acids is 1. The summed E-state index contributed by atoms with van der Waals surface area (Å²) in [5.74, 6) is -0.877. The molecule has 14 heteroatoms. The molecule has 0 spiro atoms. The van der Waals surface area contributed by atoms with Crippen LogP contribution in [0.3, 0.4) is 0 Å². The highest BCUT2D eigenvalue weighted by molar-refractivity contribution is 6.30. The Morgan fingerprint density at radius 2 is 1.93 bits per heavy atom. The van der Waals surface area contributed by atoms with E-state index in [4.69, 9.17) is 11.6 Å². The molecule has 158 valence electrons. The molecule has 3 rings (SSSR count). The maximum Gasteiger partial charge on any atom is 0.442 e. The Hall–Kier alpha value is -3.48. The van der Waals surface area contributed by atoms with E-state index < -0.39 is 40.6 Å². The minimum Gasteiger partial charge on any atom is -0.292 e. The number of nitrogens with one attached hydrogen (secondary N) is 1. The molecule has 3 aromatic rings. The summed E-state index contributed by atoms with van der Waals surface area (Å²) in [5, 5.41) is 21.1. The smallest absolute Gasteiger partial charge is 0.292 e. The molecule has 30 heavy (non-hydrogen) atoms. The first kappa shape index (κ1) is 21.2. The molecule has 0 fully saturated rings. The normalized spacial score (nSPS) is 11.5. The average Bonchev–Trinajstić information content (AvgIpc) is 3.21. The van der Waals surface area contributed by atoms with Crippen LogP contribution in [-0.2, 0) is 24.1 Å². The van der Waals surface area contributed by atoms with Gasteiger partial charge in [0.25, 0.3) is 0 Å². The number of anilines is 1. The number of nitro groups is 1. The van der Waals surface area contributed by atoms with Crippen molar-refractivity contribution in [3.05, 3.63) is 62.7 Å². The topological polar surface area (TPSA) is 121 Å². The third-order valence-electron chi connectivity index (χ3n) is 3.96. The van der Waals surface area contributed by atoms with Crippen LogP contribution < -0.4 is 5.32 Å². The van der Waals surface area contributed by atoms with Crippen LogP contribution in [0.5, 0.6) is 0 Å². The molecule has 0 unspecified atom stereocenters. The number of amides is 1. The van der Waals surface area contributed by atoms with Gasteiger partial charge in [0.1, 0.15) is 18.6 Å². The van der Waals surface area contributed by atoms with E-state index in [1.54, 1.807) is 24.3 Å². The Balaban J connectivity index is 1.70. The Morgan fingerprint density at radius 1 is 1.27 bits per heavy atom. The van der Waals surface area contributed by atoms with Crippen LogP contribution in [0.2, 0.25) is 5.02 Å². The van der Waals surface area contributed by atoms with Gasteiger partial charge in [-0.05, 0) is 24.6 Å². The Kier molecular flexibility index (Phi) is 5.73. The highest BCUT2D eigenvalue weighted by Crippen LogP contribution is 2.36. The van der Waals surface area contributed by atoms with E-state index in [9.17, 15) is 28.1 Å². The van der Waals surface area contributed by atoms with Crippen molar-refractivity contribution in [3.63, 3.8) is 0 Å². The molecule has 0 saturated carbocycles. The number of carbonyl (C=O) groups is 1. The van der Waals surface area contributed by atoms with Gasteiger partial charge in [-0.3, -0.25) is 24.9 Å². The van der Waals surface area contributed by atoms with Crippen LogP contribution >= 0.6 is 11.6 Å². The van der Waals surface area contributed by atoms with Crippen LogP contribution in [0, 0.1) is 17.0 Å². The van der Waals surface area contributed by atoms with Crippen molar-refractivity contribution in [1.82, 2.24) is 24.5 Å². The van der Waals surface area contributed by atoms with Gasteiger partial charge in [-0.1, -0.05) is 23.7 Å². The largest absolute Gasteiger partial charge is 0.442 e. The minimum absolute atomic E-state index is 0.0793. The maximum atomic E-state index is 13.0. The Labute approximate surface area is 171 Å². The van der Waals surface area contributed by atoms with E-state index in [1.807, 2.05) is 0 Å². The van der Waals surface area contributed by atoms with E-state index in [-0.39, 0.29) is 5.95 Å². The van der Waals surface area contributed by atoms with Gasteiger partial charge in [-0.25, -0.2) is 9.67 Å². The fourth-order valence-corrected chi connectivity index (χ4v) is 2.73. The maximum absolute atomic E-state index is 13.0. The van der Waals surface area contributed by atoms with E-state index in [0.717, 1.165) is 12.5 Å². The molecule has 0 saturated heterocycles. The molecule has 1 N–H and O–H groups in total. The molecule has 0 aliphatic rings. The number of alkyl halides is 3. The molecular formula is C16H13ClF3N7O3. The zero-order valence-corrected chi connectivity index (χ0v) is 16.0. The predicted molar refractivity (Wildman–Crippen MR) is 97.8 cm³/mol. The molecule has 1 amide bonds.